The lowest BCUT2D eigenvalue weighted by Gasteiger charge is -2.02. The SMILES string of the molecule is CC.CCC.Cc1ccc(-c2ccc(C)cc2)cc1. The van der Waals surface area contributed by atoms with Crippen LogP contribution in [0.5, 0.6) is 0 Å². The number of aryl methyl sites for hydroxylation is 2. The first-order valence-corrected chi connectivity index (χ1v) is 7.31. The molecule has 0 atom stereocenters. The molecule has 0 saturated heterocycles. The summed E-state index contributed by atoms with van der Waals surface area (Å²) in [4.78, 5) is 0. The van der Waals surface area contributed by atoms with Gasteiger partial charge in [0.25, 0.3) is 0 Å². The highest BCUT2D eigenvalue weighted by Gasteiger charge is 1.95. The molecular weight excluding hydrogens is 228 g/mol. The minimum Gasteiger partial charge on any atom is -0.0683 e. The smallest absolute Gasteiger partial charge is 0.0184 e. The molecule has 0 aromatic heterocycles. The molecule has 0 saturated carbocycles. The van der Waals surface area contributed by atoms with Gasteiger partial charge in [0.15, 0.2) is 0 Å². The zero-order chi connectivity index (χ0) is 14.7. The molecule has 0 spiro atoms. The van der Waals surface area contributed by atoms with Crippen molar-refractivity contribution in [3.8, 4) is 11.1 Å². The predicted octanol–water partition coefficient (Wildman–Crippen LogP) is 6.41. The van der Waals surface area contributed by atoms with E-state index in [0.717, 1.165) is 0 Å². The average Bonchev–Trinajstić information content (AvgIpc) is 2.44. The monoisotopic (exact) mass is 256 g/mol. The van der Waals surface area contributed by atoms with Gasteiger partial charge in [-0.1, -0.05) is 93.8 Å². The van der Waals surface area contributed by atoms with Crippen molar-refractivity contribution < 1.29 is 0 Å². The van der Waals surface area contributed by atoms with Crippen LogP contribution in [0.4, 0.5) is 0 Å². The second kappa shape index (κ2) is 10.4. The molecule has 0 aliphatic heterocycles. The van der Waals surface area contributed by atoms with E-state index in [1.807, 2.05) is 13.8 Å². The lowest BCUT2D eigenvalue weighted by Crippen LogP contribution is -1.78. The molecule has 0 heterocycles. The van der Waals surface area contributed by atoms with E-state index in [2.05, 4.69) is 76.2 Å². The number of benzene rings is 2. The number of hydrogen-bond acceptors (Lipinski definition) is 0. The molecule has 0 fully saturated rings. The highest BCUT2D eigenvalue weighted by Crippen LogP contribution is 2.19. The third-order valence-corrected chi connectivity index (χ3v) is 2.44. The van der Waals surface area contributed by atoms with Crippen LogP contribution >= 0.6 is 0 Å². The van der Waals surface area contributed by atoms with E-state index in [1.54, 1.807) is 0 Å². The summed E-state index contributed by atoms with van der Waals surface area (Å²) < 4.78 is 0. The van der Waals surface area contributed by atoms with Crippen LogP contribution in [-0.2, 0) is 0 Å². The fourth-order valence-corrected chi connectivity index (χ4v) is 1.49. The molecule has 0 heteroatoms. The van der Waals surface area contributed by atoms with Gasteiger partial charge in [0.05, 0.1) is 0 Å². The van der Waals surface area contributed by atoms with E-state index < -0.39 is 0 Å². The first kappa shape index (κ1) is 17.4. The van der Waals surface area contributed by atoms with Crippen molar-refractivity contribution in [2.75, 3.05) is 0 Å². The van der Waals surface area contributed by atoms with Gasteiger partial charge in [0, 0.05) is 0 Å². The number of rotatable bonds is 1. The van der Waals surface area contributed by atoms with Crippen molar-refractivity contribution in [1.29, 1.82) is 0 Å². The van der Waals surface area contributed by atoms with Gasteiger partial charge >= 0.3 is 0 Å². The Morgan fingerprint density at radius 1 is 0.579 bits per heavy atom. The Hall–Kier alpha value is -1.56. The first-order valence-electron chi connectivity index (χ1n) is 7.31. The van der Waals surface area contributed by atoms with Crippen molar-refractivity contribution in [3.63, 3.8) is 0 Å². The van der Waals surface area contributed by atoms with Crippen LogP contribution in [0.1, 0.15) is 45.2 Å². The Morgan fingerprint density at radius 2 is 0.789 bits per heavy atom. The summed E-state index contributed by atoms with van der Waals surface area (Å²) in [7, 11) is 0. The van der Waals surface area contributed by atoms with E-state index in [9.17, 15) is 0 Å². The van der Waals surface area contributed by atoms with Gasteiger partial charge in [0.1, 0.15) is 0 Å². The fourth-order valence-electron chi connectivity index (χ4n) is 1.49. The van der Waals surface area contributed by atoms with Gasteiger partial charge in [-0.25, -0.2) is 0 Å². The summed E-state index contributed by atoms with van der Waals surface area (Å²) in [5.74, 6) is 0. The summed E-state index contributed by atoms with van der Waals surface area (Å²) >= 11 is 0. The predicted molar refractivity (Wildman–Crippen MR) is 88.7 cm³/mol. The van der Waals surface area contributed by atoms with Crippen LogP contribution in [0.3, 0.4) is 0 Å². The Bertz CT molecular complexity index is 377. The molecule has 0 radical (unpaired) electrons. The zero-order valence-electron chi connectivity index (χ0n) is 13.3. The average molecular weight is 256 g/mol. The van der Waals surface area contributed by atoms with Crippen LogP contribution in [0, 0.1) is 13.8 Å². The Kier molecular flexibility index (Phi) is 9.52. The first-order chi connectivity index (χ1) is 9.17. The Balaban J connectivity index is 0.000000573. The minimum atomic E-state index is 1.25. The van der Waals surface area contributed by atoms with Gasteiger partial charge in [-0.3, -0.25) is 0 Å². The molecule has 19 heavy (non-hydrogen) atoms. The molecule has 0 bridgehead atoms. The highest BCUT2D eigenvalue weighted by atomic mass is 14.0. The van der Waals surface area contributed by atoms with Crippen LogP contribution in [0.2, 0.25) is 0 Å². The lowest BCUT2D eigenvalue weighted by atomic mass is 10.0. The fraction of sp³-hybridized carbons (Fsp3) is 0.368. The molecule has 2 aromatic rings. The maximum absolute atomic E-state index is 2.17. The Morgan fingerprint density at radius 3 is 1.00 bits per heavy atom. The topological polar surface area (TPSA) is 0 Å². The van der Waals surface area contributed by atoms with Crippen molar-refractivity contribution in [2.45, 2.75) is 48.0 Å². The molecule has 2 rings (SSSR count). The molecular formula is C19H28. The summed E-state index contributed by atoms with van der Waals surface area (Å²) in [6, 6.07) is 17.3. The highest BCUT2D eigenvalue weighted by molar-refractivity contribution is 5.63. The summed E-state index contributed by atoms with van der Waals surface area (Å²) in [6.45, 7) is 12.5. The summed E-state index contributed by atoms with van der Waals surface area (Å²) in [5, 5.41) is 0. The quantitative estimate of drug-likeness (QED) is 0.552. The van der Waals surface area contributed by atoms with Crippen molar-refractivity contribution >= 4 is 0 Å². The molecule has 0 N–H and O–H groups in total. The van der Waals surface area contributed by atoms with E-state index >= 15 is 0 Å². The van der Waals surface area contributed by atoms with Gasteiger partial charge in [0.2, 0.25) is 0 Å². The van der Waals surface area contributed by atoms with Crippen LogP contribution in [0.15, 0.2) is 48.5 Å². The maximum Gasteiger partial charge on any atom is -0.0184 e. The van der Waals surface area contributed by atoms with E-state index in [1.165, 1.54) is 28.7 Å². The normalized spacial score (nSPS) is 8.74. The third kappa shape index (κ3) is 6.81. The second-order valence-corrected chi connectivity index (χ2v) is 4.44. The van der Waals surface area contributed by atoms with Crippen molar-refractivity contribution in [3.05, 3.63) is 59.7 Å². The molecule has 0 aliphatic carbocycles. The van der Waals surface area contributed by atoms with E-state index in [0.29, 0.717) is 0 Å². The van der Waals surface area contributed by atoms with E-state index in [4.69, 9.17) is 0 Å². The molecule has 0 nitrogen and oxygen atoms in total. The largest absolute Gasteiger partial charge is 0.0683 e. The van der Waals surface area contributed by atoms with Gasteiger partial charge in [-0.05, 0) is 25.0 Å². The van der Waals surface area contributed by atoms with Crippen LogP contribution in [0.25, 0.3) is 11.1 Å². The zero-order valence-corrected chi connectivity index (χ0v) is 13.3. The van der Waals surface area contributed by atoms with Gasteiger partial charge in [-0.2, -0.15) is 0 Å². The summed E-state index contributed by atoms with van der Waals surface area (Å²) in [5.41, 5.74) is 5.19. The number of hydrogen-bond donors (Lipinski definition) is 0. The maximum atomic E-state index is 2.17. The molecule has 0 amide bonds. The minimum absolute atomic E-state index is 1.25. The lowest BCUT2D eigenvalue weighted by molar-refractivity contribution is 1.09. The molecule has 2 aromatic carbocycles. The van der Waals surface area contributed by atoms with Crippen molar-refractivity contribution in [1.82, 2.24) is 0 Å². The van der Waals surface area contributed by atoms with Crippen LogP contribution < -0.4 is 0 Å². The van der Waals surface area contributed by atoms with Gasteiger partial charge < -0.3 is 0 Å². The van der Waals surface area contributed by atoms with Gasteiger partial charge in [-0.15, -0.1) is 0 Å². The van der Waals surface area contributed by atoms with Crippen LogP contribution in [-0.4, -0.2) is 0 Å². The molecule has 104 valence electrons. The third-order valence-electron chi connectivity index (χ3n) is 2.44. The van der Waals surface area contributed by atoms with E-state index in [-0.39, 0.29) is 0 Å². The molecule has 0 unspecified atom stereocenters. The Labute approximate surface area is 119 Å². The second-order valence-electron chi connectivity index (χ2n) is 4.44. The van der Waals surface area contributed by atoms with Crippen molar-refractivity contribution in [2.24, 2.45) is 0 Å². The standard InChI is InChI=1S/C14H14.C3H8.C2H6/c1-11-3-7-13(8-4-11)14-9-5-12(2)6-10-14;1-3-2;1-2/h3-10H,1-2H3;3H2,1-2H3;1-2H3. The molecule has 0 aliphatic rings. The summed E-state index contributed by atoms with van der Waals surface area (Å²) in [6.07, 6.45) is 1.25.